The molecule has 0 bridgehead atoms. The minimum atomic E-state index is 0.387. The lowest BCUT2D eigenvalue weighted by Crippen LogP contribution is -2.39. The first-order chi connectivity index (χ1) is 6.84. The number of rotatable bonds is 3. The number of nitrogens with zero attached hydrogens (tertiary/aromatic N) is 1. The maximum atomic E-state index is 5.91. The van der Waals surface area contributed by atoms with Gasteiger partial charge in [-0.2, -0.15) is 0 Å². The highest BCUT2D eigenvalue weighted by Crippen LogP contribution is 2.16. The first-order valence-electron chi connectivity index (χ1n) is 5.32. The Morgan fingerprint density at radius 3 is 3.21 bits per heavy atom. The van der Waals surface area contributed by atoms with Gasteiger partial charge in [-0.15, -0.1) is 0 Å². The standard InChI is InChI=1S/C10H18N4/c11-8-2-1-3-9(6-8)14-7-10-12-4-5-13-10/h4-5,8-9,14H,1-3,6-7,11H2,(H,12,13). The average Bonchev–Trinajstić information content (AvgIpc) is 2.67. The normalized spacial score (nSPS) is 27.8. The van der Waals surface area contributed by atoms with Gasteiger partial charge in [0.15, 0.2) is 0 Å². The summed E-state index contributed by atoms with van der Waals surface area (Å²) < 4.78 is 0. The van der Waals surface area contributed by atoms with E-state index in [1.807, 2.05) is 6.20 Å². The number of nitrogens with two attached hydrogens (primary N) is 1. The average molecular weight is 194 g/mol. The molecular weight excluding hydrogens is 176 g/mol. The number of aromatic amines is 1. The largest absolute Gasteiger partial charge is 0.348 e. The smallest absolute Gasteiger partial charge is 0.120 e. The molecule has 14 heavy (non-hydrogen) atoms. The van der Waals surface area contributed by atoms with Crippen molar-refractivity contribution < 1.29 is 0 Å². The van der Waals surface area contributed by atoms with E-state index in [2.05, 4.69) is 15.3 Å². The lowest BCUT2D eigenvalue weighted by Gasteiger charge is -2.27. The van der Waals surface area contributed by atoms with E-state index in [0.29, 0.717) is 12.1 Å². The SMILES string of the molecule is NC1CCCC(NCc2ncc[nH]2)C1. The van der Waals surface area contributed by atoms with Crippen molar-refractivity contribution in [3.63, 3.8) is 0 Å². The topological polar surface area (TPSA) is 66.7 Å². The van der Waals surface area contributed by atoms with Crippen molar-refractivity contribution in [2.24, 2.45) is 5.73 Å². The molecule has 0 radical (unpaired) electrons. The molecule has 1 heterocycles. The second-order valence-electron chi connectivity index (χ2n) is 4.04. The molecule has 1 aliphatic carbocycles. The summed E-state index contributed by atoms with van der Waals surface area (Å²) >= 11 is 0. The highest BCUT2D eigenvalue weighted by atomic mass is 15.0. The predicted molar refractivity (Wildman–Crippen MR) is 55.7 cm³/mol. The highest BCUT2D eigenvalue weighted by molar-refractivity contribution is 4.88. The molecule has 1 saturated carbocycles. The van der Waals surface area contributed by atoms with Crippen molar-refractivity contribution in [1.82, 2.24) is 15.3 Å². The van der Waals surface area contributed by atoms with Gasteiger partial charge in [0.05, 0.1) is 6.54 Å². The minimum absolute atomic E-state index is 0.387. The summed E-state index contributed by atoms with van der Waals surface area (Å²) in [4.78, 5) is 7.25. The monoisotopic (exact) mass is 194 g/mol. The molecule has 4 nitrogen and oxygen atoms in total. The van der Waals surface area contributed by atoms with Crippen molar-refractivity contribution in [1.29, 1.82) is 0 Å². The van der Waals surface area contributed by atoms with Gasteiger partial charge in [0.2, 0.25) is 0 Å². The molecular formula is C10H18N4. The van der Waals surface area contributed by atoms with Gasteiger partial charge < -0.3 is 16.0 Å². The van der Waals surface area contributed by atoms with E-state index in [1.54, 1.807) is 6.20 Å². The Morgan fingerprint density at radius 2 is 2.50 bits per heavy atom. The van der Waals surface area contributed by atoms with Crippen molar-refractivity contribution in [2.45, 2.75) is 44.3 Å². The summed E-state index contributed by atoms with van der Waals surface area (Å²) in [7, 11) is 0. The third kappa shape index (κ3) is 2.56. The second kappa shape index (κ2) is 4.57. The zero-order valence-corrected chi connectivity index (χ0v) is 8.37. The Bertz CT molecular complexity index is 257. The van der Waals surface area contributed by atoms with Crippen LogP contribution in [0.4, 0.5) is 0 Å². The fourth-order valence-electron chi connectivity index (χ4n) is 2.05. The van der Waals surface area contributed by atoms with Gasteiger partial charge in [0.1, 0.15) is 5.82 Å². The van der Waals surface area contributed by atoms with E-state index < -0.39 is 0 Å². The van der Waals surface area contributed by atoms with Crippen LogP contribution in [0.2, 0.25) is 0 Å². The number of H-pyrrole nitrogens is 1. The molecule has 0 saturated heterocycles. The van der Waals surface area contributed by atoms with Crippen LogP contribution in [0, 0.1) is 0 Å². The summed E-state index contributed by atoms with van der Waals surface area (Å²) in [6, 6.07) is 0.960. The van der Waals surface area contributed by atoms with Crippen LogP contribution in [0.15, 0.2) is 12.4 Å². The summed E-state index contributed by atoms with van der Waals surface area (Å²) in [6.07, 6.45) is 8.40. The zero-order valence-electron chi connectivity index (χ0n) is 8.37. The van der Waals surface area contributed by atoms with Crippen LogP contribution in [-0.2, 0) is 6.54 Å². The lowest BCUT2D eigenvalue weighted by molar-refractivity contribution is 0.336. The van der Waals surface area contributed by atoms with Crippen LogP contribution in [0.3, 0.4) is 0 Å². The van der Waals surface area contributed by atoms with E-state index in [-0.39, 0.29) is 0 Å². The molecule has 1 fully saturated rings. The fourth-order valence-corrected chi connectivity index (χ4v) is 2.05. The van der Waals surface area contributed by atoms with Crippen molar-refractivity contribution >= 4 is 0 Å². The minimum Gasteiger partial charge on any atom is -0.348 e. The third-order valence-electron chi connectivity index (χ3n) is 2.83. The summed E-state index contributed by atoms with van der Waals surface area (Å²) in [5, 5.41) is 3.48. The van der Waals surface area contributed by atoms with Crippen LogP contribution in [-0.4, -0.2) is 22.1 Å². The van der Waals surface area contributed by atoms with E-state index in [1.165, 1.54) is 19.3 Å². The van der Waals surface area contributed by atoms with Crippen LogP contribution in [0.25, 0.3) is 0 Å². The maximum absolute atomic E-state index is 5.91. The van der Waals surface area contributed by atoms with Gasteiger partial charge in [-0.25, -0.2) is 4.98 Å². The van der Waals surface area contributed by atoms with Gasteiger partial charge in [-0.3, -0.25) is 0 Å². The highest BCUT2D eigenvalue weighted by Gasteiger charge is 2.18. The number of hydrogen-bond acceptors (Lipinski definition) is 3. The number of aromatic nitrogens is 2. The predicted octanol–water partition coefficient (Wildman–Crippen LogP) is 0.769. The summed E-state index contributed by atoms with van der Waals surface area (Å²) in [5.41, 5.74) is 5.91. The first-order valence-corrected chi connectivity index (χ1v) is 5.32. The molecule has 2 rings (SSSR count). The van der Waals surface area contributed by atoms with Gasteiger partial charge in [-0.05, 0) is 19.3 Å². The molecule has 4 N–H and O–H groups in total. The Morgan fingerprint density at radius 1 is 1.57 bits per heavy atom. The molecule has 0 spiro atoms. The number of nitrogens with one attached hydrogen (secondary N) is 2. The molecule has 1 aromatic heterocycles. The van der Waals surface area contributed by atoms with Crippen LogP contribution in [0.5, 0.6) is 0 Å². The van der Waals surface area contributed by atoms with Crippen LogP contribution < -0.4 is 11.1 Å². The quantitative estimate of drug-likeness (QED) is 0.666. The Balaban J connectivity index is 1.75. The zero-order chi connectivity index (χ0) is 9.80. The Labute approximate surface area is 84.3 Å². The van der Waals surface area contributed by atoms with Crippen molar-refractivity contribution in [2.75, 3.05) is 0 Å². The van der Waals surface area contributed by atoms with Crippen LogP contribution in [0.1, 0.15) is 31.5 Å². The van der Waals surface area contributed by atoms with Gasteiger partial charge in [0.25, 0.3) is 0 Å². The molecule has 1 aromatic rings. The first kappa shape index (κ1) is 9.68. The van der Waals surface area contributed by atoms with E-state index >= 15 is 0 Å². The van der Waals surface area contributed by atoms with E-state index in [9.17, 15) is 0 Å². The molecule has 0 aromatic carbocycles. The van der Waals surface area contributed by atoms with Crippen LogP contribution >= 0.6 is 0 Å². The molecule has 78 valence electrons. The number of hydrogen-bond donors (Lipinski definition) is 3. The van der Waals surface area contributed by atoms with Gasteiger partial charge >= 0.3 is 0 Å². The molecule has 2 unspecified atom stereocenters. The Kier molecular flexibility index (Phi) is 3.16. The van der Waals surface area contributed by atoms with Crippen molar-refractivity contribution in [3.05, 3.63) is 18.2 Å². The molecule has 2 atom stereocenters. The summed E-state index contributed by atoms with van der Waals surface area (Å²) in [6.45, 7) is 0.824. The van der Waals surface area contributed by atoms with E-state index in [4.69, 9.17) is 5.73 Å². The third-order valence-corrected chi connectivity index (χ3v) is 2.83. The molecule has 0 aliphatic heterocycles. The molecule has 4 heteroatoms. The molecule has 1 aliphatic rings. The van der Waals surface area contributed by atoms with Crippen molar-refractivity contribution in [3.8, 4) is 0 Å². The molecule has 0 amide bonds. The lowest BCUT2D eigenvalue weighted by atomic mass is 9.92. The maximum Gasteiger partial charge on any atom is 0.120 e. The Hall–Kier alpha value is -0.870. The second-order valence-corrected chi connectivity index (χ2v) is 4.04. The van der Waals surface area contributed by atoms with E-state index in [0.717, 1.165) is 18.8 Å². The summed E-state index contributed by atoms with van der Waals surface area (Å²) in [5.74, 6) is 1.00. The number of imidazole rings is 1. The van der Waals surface area contributed by atoms with Gasteiger partial charge in [-0.1, -0.05) is 6.42 Å². The fraction of sp³-hybridized carbons (Fsp3) is 0.700. The van der Waals surface area contributed by atoms with Gasteiger partial charge in [0, 0.05) is 24.5 Å².